The van der Waals surface area contributed by atoms with E-state index in [1.54, 1.807) is 0 Å². The molecule has 1 aromatic carbocycles. The van der Waals surface area contributed by atoms with Crippen molar-refractivity contribution in [1.29, 1.82) is 0 Å². The second-order valence-electron chi connectivity index (χ2n) is 7.43. The first-order valence-corrected chi connectivity index (χ1v) is 9.32. The van der Waals surface area contributed by atoms with Crippen molar-refractivity contribution in [2.75, 3.05) is 24.5 Å². The van der Waals surface area contributed by atoms with Crippen LogP contribution >= 0.6 is 0 Å². The zero-order valence-electron chi connectivity index (χ0n) is 14.9. The molecule has 3 heterocycles. The Labute approximate surface area is 148 Å². The predicted octanol–water partition coefficient (Wildman–Crippen LogP) is 2.56. The number of benzene rings is 1. The maximum Gasteiger partial charge on any atom is 0.255 e. The first-order valence-electron chi connectivity index (χ1n) is 9.32. The van der Waals surface area contributed by atoms with Crippen LogP contribution in [0.2, 0.25) is 0 Å². The minimum absolute atomic E-state index is 0.0537. The molecule has 0 aliphatic carbocycles. The molecule has 0 atom stereocenters. The van der Waals surface area contributed by atoms with Gasteiger partial charge < -0.3 is 4.90 Å². The Balaban J connectivity index is 1.53. The summed E-state index contributed by atoms with van der Waals surface area (Å²) in [5, 5.41) is 0. The minimum atomic E-state index is 0.0537. The molecule has 0 amide bonds. The Morgan fingerprint density at radius 1 is 1.16 bits per heavy atom. The van der Waals surface area contributed by atoms with Crippen molar-refractivity contribution in [3.05, 3.63) is 57.5 Å². The van der Waals surface area contributed by atoms with Crippen LogP contribution in [0.3, 0.4) is 0 Å². The van der Waals surface area contributed by atoms with Crippen molar-refractivity contribution in [1.82, 2.24) is 14.9 Å². The van der Waals surface area contributed by atoms with E-state index >= 15 is 0 Å². The molecule has 0 radical (unpaired) electrons. The van der Waals surface area contributed by atoms with Gasteiger partial charge in [0, 0.05) is 38.3 Å². The number of piperidine rings is 1. The SMILES string of the molecule is CC1CCN(c2nc3c(c(=O)[nH]2)CCN(Cc2ccccc2)C3)CC1. The Kier molecular flexibility index (Phi) is 4.57. The normalized spacial score (nSPS) is 19.0. The van der Waals surface area contributed by atoms with Crippen LogP contribution in [0.15, 0.2) is 35.1 Å². The molecule has 4 rings (SSSR count). The molecule has 0 spiro atoms. The molecule has 1 fully saturated rings. The topological polar surface area (TPSA) is 52.2 Å². The number of anilines is 1. The van der Waals surface area contributed by atoms with Crippen LogP contribution in [0.5, 0.6) is 0 Å². The average molecular weight is 338 g/mol. The van der Waals surface area contributed by atoms with Gasteiger partial charge in [0.05, 0.1) is 5.69 Å². The molecule has 5 nitrogen and oxygen atoms in total. The average Bonchev–Trinajstić information content (AvgIpc) is 2.63. The molecule has 1 aromatic heterocycles. The third kappa shape index (κ3) is 3.61. The summed E-state index contributed by atoms with van der Waals surface area (Å²) in [4.78, 5) is 25.0. The smallest absolute Gasteiger partial charge is 0.255 e. The molecular formula is C20H26N4O. The first-order chi connectivity index (χ1) is 12.2. The van der Waals surface area contributed by atoms with Gasteiger partial charge in [0.1, 0.15) is 0 Å². The number of rotatable bonds is 3. The number of aromatic nitrogens is 2. The van der Waals surface area contributed by atoms with E-state index < -0.39 is 0 Å². The van der Waals surface area contributed by atoms with E-state index in [9.17, 15) is 4.79 Å². The van der Waals surface area contributed by atoms with Gasteiger partial charge in [0.2, 0.25) is 5.95 Å². The molecule has 0 bridgehead atoms. The monoisotopic (exact) mass is 338 g/mol. The molecule has 5 heteroatoms. The van der Waals surface area contributed by atoms with E-state index in [0.29, 0.717) is 0 Å². The van der Waals surface area contributed by atoms with Gasteiger partial charge >= 0.3 is 0 Å². The summed E-state index contributed by atoms with van der Waals surface area (Å²) in [7, 11) is 0. The molecule has 132 valence electrons. The lowest BCUT2D eigenvalue weighted by molar-refractivity contribution is 0.240. The van der Waals surface area contributed by atoms with Crippen LogP contribution in [0, 0.1) is 5.92 Å². The zero-order chi connectivity index (χ0) is 17.2. The van der Waals surface area contributed by atoms with E-state index in [-0.39, 0.29) is 5.56 Å². The molecule has 2 aliphatic heterocycles. The van der Waals surface area contributed by atoms with Crippen LogP contribution in [-0.4, -0.2) is 34.5 Å². The van der Waals surface area contributed by atoms with E-state index in [0.717, 1.165) is 62.3 Å². The second kappa shape index (κ2) is 7.00. The van der Waals surface area contributed by atoms with Gasteiger partial charge in [0.25, 0.3) is 5.56 Å². The fourth-order valence-corrected chi connectivity index (χ4v) is 3.83. The van der Waals surface area contributed by atoms with Crippen molar-refractivity contribution >= 4 is 5.95 Å². The Morgan fingerprint density at radius 3 is 2.68 bits per heavy atom. The highest BCUT2D eigenvalue weighted by Gasteiger charge is 2.24. The number of nitrogens with zero attached hydrogens (tertiary/aromatic N) is 3. The third-order valence-electron chi connectivity index (χ3n) is 5.47. The summed E-state index contributed by atoms with van der Waals surface area (Å²) < 4.78 is 0. The minimum Gasteiger partial charge on any atom is -0.342 e. The van der Waals surface area contributed by atoms with E-state index in [1.165, 1.54) is 18.4 Å². The summed E-state index contributed by atoms with van der Waals surface area (Å²) in [6.45, 7) is 6.83. The van der Waals surface area contributed by atoms with Crippen LogP contribution in [0.1, 0.15) is 36.6 Å². The number of hydrogen-bond donors (Lipinski definition) is 1. The number of H-pyrrole nitrogens is 1. The van der Waals surface area contributed by atoms with E-state index in [2.05, 4.69) is 46.0 Å². The largest absolute Gasteiger partial charge is 0.342 e. The summed E-state index contributed by atoms with van der Waals surface area (Å²) in [5.41, 5.74) is 3.19. The molecular weight excluding hydrogens is 312 g/mol. The van der Waals surface area contributed by atoms with Gasteiger partial charge in [-0.2, -0.15) is 0 Å². The Morgan fingerprint density at radius 2 is 1.92 bits per heavy atom. The van der Waals surface area contributed by atoms with Gasteiger partial charge in [-0.05, 0) is 30.7 Å². The molecule has 1 N–H and O–H groups in total. The molecule has 25 heavy (non-hydrogen) atoms. The van der Waals surface area contributed by atoms with Gasteiger partial charge in [-0.3, -0.25) is 14.7 Å². The summed E-state index contributed by atoms with van der Waals surface area (Å²) in [6.07, 6.45) is 3.11. The maximum atomic E-state index is 12.5. The van der Waals surface area contributed by atoms with Crippen molar-refractivity contribution in [3.63, 3.8) is 0 Å². The second-order valence-corrected chi connectivity index (χ2v) is 7.43. The lowest BCUT2D eigenvalue weighted by Crippen LogP contribution is -2.39. The molecule has 1 saturated heterocycles. The number of hydrogen-bond acceptors (Lipinski definition) is 4. The quantitative estimate of drug-likeness (QED) is 0.934. The highest BCUT2D eigenvalue weighted by atomic mass is 16.1. The lowest BCUT2D eigenvalue weighted by Gasteiger charge is -2.32. The molecule has 0 unspecified atom stereocenters. The third-order valence-corrected chi connectivity index (χ3v) is 5.47. The lowest BCUT2D eigenvalue weighted by atomic mass is 9.99. The zero-order valence-corrected chi connectivity index (χ0v) is 14.9. The van der Waals surface area contributed by atoms with Crippen LogP contribution in [-0.2, 0) is 19.5 Å². The van der Waals surface area contributed by atoms with Gasteiger partial charge in [-0.25, -0.2) is 4.98 Å². The molecule has 0 saturated carbocycles. The van der Waals surface area contributed by atoms with Gasteiger partial charge in [-0.1, -0.05) is 37.3 Å². The van der Waals surface area contributed by atoms with E-state index in [1.807, 2.05) is 6.07 Å². The number of aromatic amines is 1. The Hall–Kier alpha value is -2.14. The van der Waals surface area contributed by atoms with Gasteiger partial charge in [-0.15, -0.1) is 0 Å². The van der Waals surface area contributed by atoms with Crippen LogP contribution in [0.25, 0.3) is 0 Å². The van der Waals surface area contributed by atoms with Crippen molar-refractivity contribution in [2.24, 2.45) is 5.92 Å². The number of nitrogens with one attached hydrogen (secondary N) is 1. The fraction of sp³-hybridized carbons (Fsp3) is 0.500. The van der Waals surface area contributed by atoms with E-state index in [4.69, 9.17) is 4.98 Å². The maximum absolute atomic E-state index is 12.5. The van der Waals surface area contributed by atoms with Gasteiger partial charge in [0.15, 0.2) is 0 Å². The van der Waals surface area contributed by atoms with Crippen LogP contribution < -0.4 is 10.5 Å². The highest BCUT2D eigenvalue weighted by molar-refractivity contribution is 5.35. The Bertz CT molecular complexity index is 778. The van der Waals surface area contributed by atoms with Crippen LogP contribution in [0.4, 0.5) is 5.95 Å². The fourth-order valence-electron chi connectivity index (χ4n) is 3.83. The van der Waals surface area contributed by atoms with Crippen molar-refractivity contribution in [2.45, 2.75) is 39.3 Å². The molecule has 2 aromatic rings. The highest BCUT2D eigenvalue weighted by Crippen LogP contribution is 2.22. The number of fused-ring (bicyclic) bond motifs is 1. The summed E-state index contributed by atoms with van der Waals surface area (Å²) in [5.74, 6) is 1.53. The predicted molar refractivity (Wildman–Crippen MR) is 99.7 cm³/mol. The summed E-state index contributed by atoms with van der Waals surface area (Å²) >= 11 is 0. The van der Waals surface area contributed by atoms with Crippen molar-refractivity contribution in [3.8, 4) is 0 Å². The first kappa shape index (κ1) is 16.3. The molecule has 2 aliphatic rings. The summed E-state index contributed by atoms with van der Waals surface area (Å²) in [6, 6.07) is 10.5. The van der Waals surface area contributed by atoms with Crippen molar-refractivity contribution < 1.29 is 0 Å². The standard InChI is InChI=1S/C20H26N4O/c1-15-7-11-24(12-8-15)20-21-18-14-23(10-9-17(18)19(25)22-20)13-16-5-3-2-4-6-16/h2-6,15H,7-14H2,1H3,(H,21,22,25).